The average molecular weight is 639 g/mol. The van der Waals surface area contributed by atoms with Crippen LogP contribution in [0.4, 0.5) is 0 Å². The zero-order valence-electron chi connectivity index (χ0n) is 28.0. The maximum Gasteiger partial charge on any atom is 0.241 e. The molecule has 48 heavy (non-hydrogen) atoms. The first-order chi connectivity index (χ1) is 23.7. The molecule has 1 aromatic heterocycles. The lowest BCUT2D eigenvalue weighted by Gasteiger charge is -2.34. The largest absolute Gasteiger partial charge is 0.339 e. The number of aromatic nitrogens is 2. The van der Waals surface area contributed by atoms with Gasteiger partial charge < -0.3 is 4.57 Å². The molecule has 1 heterocycles. The summed E-state index contributed by atoms with van der Waals surface area (Å²) < 4.78 is 2.26. The molecule has 0 N–H and O–H groups in total. The van der Waals surface area contributed by atoms with E-state index >= 15 is 0 Å². The molecular formula is C44H43BN2Si. The molecule has 0 aliphatic heterocycles. The third-order valence-corrected chi connectivity index (χ3v) is 14.1. The Morgan fingerprint density at radius 2 is 0.917 bits per heavy atom. The van der Waals surface area contributed by atoms with E-state index in [2.05, 4.69) is 199 Å². The van der Waals surface area contributed by atoms with Crippen molar-refractivity contribution >= 4 is 46.7 Å². The van der Waals surface area contributed by atoms with Crippen molar-refractivity contribution < 1.29 is 0 Å². The highest BCUT2D eigenvalue weighted by Gasteiger charge is 2.40. The van der Waals surface area contributed by atoms with E-state index in [9.17, 15) is 0 Å². The summed E-state index contributed by atoms with van der Waals surface area (Å²) in [4.78, 5) is 4.34. The molecule has 0 saturated heterocycles. The minimum absolute atomic E-state index is 0.309. The number of rotatable bonds is 10. The Labute approximate surface area is 287 Å². The molecule has 0 fully saturated rings. The van der Waals surface area contributed by atoms with Gasteiger partial charge in [0.2, 0.25) is 6.71 Å². The normalized spacial score (nSPS) is 11.0. The van der Waals surface area contributed by atoms with Crippen molar-refractivity contribution in [2.24, 2.45) is 0 Å². The number of hydrogen-bond donors (Lipinski definition) is 0. The molecule has 2 nitrogen and oxygen atoms in total. The zero-order valence-corrected chi connectivity index (χ0v) is 29.0. The number of benzene rings is 6. The van der Waals surface area contributed by atoms with Crippen LogP contribution in [0.2, 0.25) is 0 Å². The van der Waals surface area contributed by atoms with E-state index in [1.807, 2.05) is 12.5 Å². The van der Waals surface area contributed by atoms with Gasteiger partial charge >= 0.3 is 0 Å². The quantitative estimate of drug-likeness (QED) is 0.134. The highest BCUT2D eigenvalue weighted by Crippen LogP contribution is 2.14. The summed E-state index contributed by atoms with van der Waals surface area (Å²) in [5.74, 6) is 0. The molecule has 0 atom stereocenters. The predicted octanol–water partition coefficient (Wildman–Crippen LogP) is 5.92. The van der Waals surface area contributed by atoms with Gasteiger partial charge in [-0.25, -0.2) is 4.98 Å². The SMILES string of the molecule is CCc1cccc([Si](Cn2ccnc2)(c2ccccc2)c2cccc(CC)c2)c1.c1ccc(B(c2ccccc2)c2ccccc2)cc1. The van der Waals surface area contributed by atoms with Crippen LogP contribution < -0.4 is 31.9 Å². The van der Waals surface area contributed by atoms with Gasteiger partial charge in [0.1, 0.15) is 0 Å². The molecule has 6 aromatic carbocycles. The summed E-state index contributed by atoms with van der Waals surface area (Å²) in [7, 11) is -2.30. The fourth-order valence-corrected chi connectivity index (χ4v) is 11.4. The molecule has 236 valence electrons. The topological polar surface area (TPSA) is 17.8 Å². The molecule has 0 amide bonds. The van der Waals surface area contributed by atoms with Crippen molar-refractivity contribution in [3.8, 4) is 0 Å². The first-order valence-corrected chi connectivity index (χ1v) is 19.3. The van der Waals surface area contributed by atoms with Crippen molar-refractivity contribution in [2.75, 3.05) is 0 Å². The van der Waals surface area contributed by atoms with Crippen molar-refractivity contribution in [1.29, 1.82) is 0 Å². The van der Waals surface area contributed by atoms with Crippen LogP contribution in [0.15, 0.2) is 189 Å². The molecule has 0 unspecified atom stereocenters. The predicted molar refractivity (Wildman–Crippen MR) is 209 cm³/mol. The second kappa shape index (κ2) is 16.1. The van der Waals surface area contributed by atoms with Crippen LogP contribution in [-0.2, 0) is 19.0 Å². The van der Waals surface area contributed by atoms with E-state index in [1.165, 1.54) is 43.1 Å². The van der Waals surface area contributed by atoms with Crippen LogP contribution in [0.3, 0.4) is 0 Å². The summed E-state index contributed by atoms with van der Waals surface area (Å²) in [5, 5.41) is 4.37. The van der Waals surface area contributed by atoms with Crippen LogP contribution in [0.1, 0.15) is 25.0 Å². The lowest BCUT2D eigenvalue weighted by molar-refractivity contribution is 0.861. The van der Waals surface area contributed by atoms with Crippen molar-refractivity contribution in [3.05, 3.63) is 200 Å². The Hall–Kier alpha value is -5.19. The van der Waals surface area contributed by atoms with Gasteiger partial charge in [-0.2, -0.15) is 0 Å². The molecule has 4 heteroatoms. The molecular weight excluding hydrogens is 595 g/mol. The van der Waals surface area contributed by atoms with Crippen molar-refractivity contribution in [1.82, 2.24) is 9.55 Å². The molecule has 0 spiro atoms. The second-order valence-corrected chi connectivity index (χ2v) is 16.1. The van der Waals surface area contributed by atoms with Gasteiger partial charge in [0.15, 0.2) is 8.07 Å². The van der Waals surface area contributed by atoms with Gasteiger partial charge in [0, 0.05) is 18.6 Å². The molecule has 7 rings (SSSR count). The fourth-order valence-electron chi connectivity index (χ4n) is 6.78. The van der Waals surface area contributed by atoms with Crippen molar-refractivity contribution in [3.63, 3.8) is 0 Å². The van der Waals surface area contributed by atoms with Crippen LogP contribution in [0, 0.1) is 0 Å². The maximum absolute atomic E-state index is 4.34. The number of nitrogens with zero attached hydrogens (tertiary/aromatic N) is 2. The van der Waals surface area contributed by atoms with Crippen LogP contribution >= 0.6 is 0 Å². The van der Waals surface area contributed by atoms with E-state index in [1.54, 1.807) is 0 Å². The summed E-state index contributed by atoms with van der Waals surface area (Å²) in [6.07, 6.45) is 8.98. The lowest BCUT2D eigenvalue weighted by atomic mass is 9.37. The van der Waals surface area contributed by atoms with Gasteiger partial charge in [-0.15, -0.1) is 0 Å². The first-order valence-electron chi connectivity index (χ1n) is 17.1. The summed E-state index contributed by atoms with van der Waals surface area (Å²) in [6.45, 7) is 4.78. The molecule has 0 saturated carbocycles. The first kappa shape index (κ1) is 32.7. The number of hydrogen-bond acceptors (Lipinski definition) is 1. The number of aryl methyl sites for hydroxylation is 2. The summed E-state index contributed by atoms with van der Waals surface area (Å²) >= 11 is 0. The Morgan fingerprint density at radius 3 is 1.31 bits per heavy atom. The van der Waals surface area contributed by atoms with Gasteiger partial charge in [-0.3, -0.25) is 0 Å². The highest BCUT2D eigenvalue weighted by molar-refractivity contribution is 7.10. The third-order valence-electron chi connectivity index (χ3n) is 9.30. The Balaban J connectivity index is 0.000000182. The Morgan fingerprint density at radius 1 is 0.500 bits per heavy atom. The average Bonchev–Trinajstić information content (AvgIpc) is 3.69. The minimum Gasteiger partial charge on any atom is -0.339 e. The minimum atomic E-state index is -2.30. The lowest BCUT2D eigenvalue weighted by Crippen LogP contribution is -2.69. The Kier molecular flexibility index (Phi) is 11.0. The molecule has 7 aromatic rings. The van der Waals surface area contributed by atoms with E-state index in [0.29, 0.717) is 6.71 Å². The van der Waals surface area contributed by atoms with E-state index in [0.717, 1.165) is 19.0 Å². The van der Waals surface area contributed by atoms with Crippen LogP contribution in [0.5, 0.6) is 0 Å². The standard InChI is InChI=1S/C26H28N2Si.C18H15B/c1-3-22-10-8-14-25(18-22)29(21-28-17-16-27-20-28,24-12-6-5-7-13-24)26-15-9-11-23(4-2)19-26;1-4-10-16(11-5-1)19(17-12-6-2-7-13-17)18-14-8-3-9-15-18/h5-20H,3-4,21H2,1-2H3;1-15H. The Bertz CT molecular complexity index is 1820. The van der Waals surface area contributed by atoms with Crippen LogP contribution in [0.25, 0.3) is 0 Å². The van der Waals surface area contributed by atoms with Gasteiger partial charge in [-0.1, -0.05) is 200 Å². The van der Waals surface area contributed by atoms with Crippen LogP contribution in [-0.4, -0.2) is 24.3 Å². The molecule has 0 radical (unpaired) electrons. The fraction of sp³-hybridized carbons (Fsp3) is 0.114. The van der Waals surface area contributed by atoms with Crippen molar-refractivity contribution in [2.45, 2.75) is 32.9 Å². The van der Waals surface area contributed by atoms with E-state index < -0.39 is 8.07 Å². The second-order valence-electron chi connectivity index (χ2n) is 12.3. The third kappa shape index (κ3) is 7.51. The smallest absolute Gasteiger partial charge is 0.241 e. The molecule has 0 bridgehead atoms. The highest BCUT2D eigenvalue weighted by atomic mass is 28.3. The van der Waals surface area contributed by atoms with E-state index in [-0.39, 0.29) is 0 Å². The maximum atomic E-state index is 4.34. The zero-order chi connectivity index (χ0) is 33.0. The molecule has 0 aliphatic carbocycles. The monoisotopic (exact) mass is 638 g/mol. The van der Waals surface area contributed by atoms with Gasteiger partial charge in [-0.05, 0) is 39.5 Å². The van der Waals surface area contributed by atoms with Gasteiger partial charge in [0.05, 0.1) is 6.33 Å². The summed E-state index contributed by atoms with van der Waals surface area (Å²) in [6, 6.07) is 61.7. The number of imidazole rings is 1. The van der Waals surface area contributed by atoms with E-state index in [4.69, 9.17) is 0 Å². The summed E-state index contributed by atoms with van der Waals surface area (Å²) in [5.41, 5.74) is 6.79. The molecule has 0 aliphatic rings. The van der Waals surface area contributed by atoms with Gasteiger partial charge in [0.25, 0.3) is 0 Å².